The molecular formula is C18H17FN2O. The van der Waals surface area contributed by atoms with Crippen LogP contribution in [0, 0.1) is 5.82 Å². The van der Waals surface area contributed by atoms with Crippen molar-refractivity contribution >= 4 is 17.7 Å². The molecule has 22 heavy (non-hydrogen) atoms. The molecule has 1 atom stereocenters. The van der Waals surface area contributed by atoms with Gasteiger partial charge in [0, 0.05) is 17.5 Å². The van der Waals surface area contributed by atoms with Gasteiger partial charge in [0.25, 0.3) is 0 Å². The number of hydrogen-bond donors (Lipinski definition) is 1. The van der Waals surface area contributed by atoms with Crippen molar-refractivity contribution in [3.05, 3.63) is 65.5 Å². The van der Waals surface area contributed by atoms with Crippen molar-refractivity contribution in [3.63, 3.8) is 0 Å². The third kappa shape index (κ3) is 3.22. The van der Waals surface area contributed by atoms with Crippen LogP contribution in [0.1, 0.15) is 17.5 Å². The molecule has 1 aliphatic heterocycles. The van der Waals surface area contributed by atoms with Crippen LogP contribution in [0.5, 0.6) is 0 Å². The fourth-order valence-electron chi connectivity index (χ4n) is 2.60. The Kier molecular flexibility index (Phi) is 4.28. The highest BCUT2D eigenvalue weighted by Gasteiger charge is 2.22. The van der Waals surface area contributed by atoms with Crippen molar-refractivity contribution in [2.75, 3.05) is 11.9 Å². The first-order valence-corrected chi connectivity index (χ1v) is 7.35. The second-order valence-electron chi connectivity index (χ2n) is 5.35. The molecule has 4 heteroatoms. The first-order chi connectivity index (χ1) is 10.7. The molecule has 0 amide bonds. The van der Waals surface area contributed by atoms with Crippen molar-refractivity contribution in [2.24, 2.45) is 4.99 Å². The maximum Gasteiger partial charge on any atom is 0.176 e. The van der Waals surface area contributed by atoms with Gasteiger partial charge in [0.2, 0.25) is 0 Å². The predicted molar refractivity (Wildman–Crippen MR) is 86.0 cm³/mol. The summed E-state index contributed by atoms with van der Waals surface area (Å²) in [4.78, 5) is 16.3. The molecule has 112 valence electrons. The van der Waals surface area contributed by atoms with E-state index in [1.54, 1.807) is 18.2 Å². The maximum absolute atomic E-state index is 13.4. The fourth-order valence-corrected chi connectivity index (χ4v) is 2.60. The first-order valence-electron chi connectivity index (χ1n) is 7.35. The molecule has 3 nitrogen and oxygen atoms in total. The molecule has 0 saturated carbocycles. The number of nitrogens with zero attached hydrogens (tertiary/aromatic N) is 1. The maximum atomic E-state index is 13.4. The molecule has 0 aromatic heterocycles. The Labute approximate surface area is 128 Å². The van der Waals surface area contributed by atoms with Gasteiger partial charge in [-0.05, 0) is 30.5 Å². The second kappa shape index (κ2) is 6.52. The summed E-state index contributed by atoms with van der Waals surface area (Å²) in [6.45, 7) is 0.0637. The fraction of sp³-hybridized carbons (Fsp3) is 0.222. The van der Waals surface area contributed by atoms with Crippen LogP contribution >= 0.6 is 0 Å². The lowest BCUT2D eigenvalue weighted by Crippen LogP contribution is -2.34. The van der Waals surface area contributed by atoms with Crippen LogP contribution in [0.15, 0.2) is 53.5 Å². The Hall–Kier alpha value is -2.49. The normalized spacial score (nSPS) is 17.0. The summed E-state index contributed by atoms with van der Waals surface area (Å²) in [7, 11) is 0. The monoisotopic (exact) mass is 296 g/mol. The Balaban J connectivity index is 1.60. The van der Waals surface area contributed by atoms with Crippen molar-refractivity contribution in [1.29, 1.82) is 0 Å². The number of benzene rings is 2. The summed E-state index contributed by atoms with van der Waals surface area (Å²) >= 11 is 0. The minimum atomic E-state index is -0.330. The number of aryl methyl sites for hydroxylation is 1. The van der Waals surface area contributed by atoms with Crippen LogP contribution in [0.2, 0.25) is 0 Å². The molecule has 1 N–H and O–H groups in total. The topological polar surface area (TPSA) is 41.5 Å². The van der Waals surface area contributed by atoms with E-state index in [4.69, 9.17) is 0 Å². The second-order valence-corrected chi connectivity index (χ2v) is 5.35. The molecule has 0 bridgehead atoms. The number of anilines is 1. The van der Waals surface area contributed by atoms with Gasteiger partial charge in [0.1, 0.15) is 5.82 Å². The van der Waals surface area contributed by atoms with Gasteiger partial charge in [-0.2, -0.15) is 0 Å². The third-order valence-corrected chi connectivity index (χ3v) is 3.82. The van der Waals surface area contributed by atoms with Crippen LogP contribution in [-0.2, 0) is 11.2 Å². The number of nitrogens with one attached hydrogen (secondary N) is 1. The molecule has 0 fully saturated rings. The van der Waals surface area contributed by atoms with Gasteiger partial charge >= 0.3 is 0 Å². The van der Waals surface area contributed by atoms with E-state index in [9.17, 15) is 9.18 Å². The van der Waals surface area contributed by atoms with Crippen LogP contribution in [0.25, 0.3) is 0 Å². The van der Waals surface area contributed by atoms with Crippen molar-refractivity contribution in [1.82, 2.24) is 0 Å². The molecule has 3 rings (SSSR count). The molecule has 2 aromatic rings. The molecule has 1 aliphatic rings. The van der Waals surface area contributed by atoms with Crippen molar-refractivity contribution in [3.8, 4) is 0 Å². The van der Waals surface area contributed by atoms with E-state index in [-0.39, 0.29) is 24.2 Å². The van der Waals surface area contributed by atoms with Gasteiger partial charge in [-0.1, -0.05) is 36.4 Å². The largest absolute Gasteiger partial charge is 0.375 e. The Morgan fingerprint density at radius 2 is 2.00 bits per heavy atom. The number of fused-ring (bicyclic) bond motifs is 1. The summed E-state index contributed by atoms with van der Waals surface area (Å²) < 4.78 is 13.4. The van der Waals surface area contributed by atoms with Gasteiger partial charge in [0.05, 0.1) is 12.6 Å². The minimum absolute atomic E-state index is 0.0297. The number of rotatable bonds is 4. The highest BCUT2D eigenvalue weighted by atomic mass is 19.1. The highest BCUT2D eigenvalue weighted by Crippen LogP contribution is 2.24. The summed E-state index contributed by atoms with van der Waals surface area (Å²) in [5.74, 6) is -0.300. The SMILES string of the molecule is O=C(CN=Cc1ccccc1F)C1CCc2ccccc2N1. The van der Waals surface area contributed by atoms with E-state index in [2.05, 4.69) is 16.4 Å². The van der Waals surface area contributed by atoms with Crippen LogP contribution in [0.3, 0.4) is 0 Å². The van der Waals surface area contributed by atoms with Gasteiger partial charge < -0.3 is 5.32 Å². The summed E-state index contributed by atoms with van der Waals surface area (Å²) in [5, 5.41) is 3.26. The lowest BCUT2D eigenvalue weighted by molar-refractivity contribution is -0.118. The van der Waals surface area contributed by atoms with E-state index >= 15 is 0 Å². The Morgan fingerprint density at radius 1 is 1.23 bits per heavy atom. The quantitative estimate of drug-likeness (QED) is 0.880. The first kappa shape index (κ1) is 14.4. The average molecular weight is 296 g/mol. The highest BCUT2D eigenvalue weighted by molar-refractivity contribution is 5.91. The van der Waals surface area contributed by atoms with E-state index in [1.165, 1.54) is 17.8 Å². The summed E-state index contributed by atoms with van der Waals surface area (Å²) in [5.41, 5.74) is 2.66. The van der Waals surface area contributed by atoms with Gasteiger partial charge in [-0.25, -0.2) is 4.39 Å². The lowest BCUT2D eigenvalue weighted by atomic mass is 9.96. The third-order valence-electron chi connectivity index (χ3n) is 3.82. The van der Waals surface area contributed by atoms with Crippen LogP contribution in [-0.4, -0.2) is 24.6 Å². The molecule has 0 spiro atoms. The van der Waals surface area contributed by atoms with E-state index in [1.807, 2.05) is 18.2 Å². The van der Waals surface area contributed by atoms with Gasteiger partial charge in [-0.3, -0.25) is 9.79 Å². The summed E-state index contributed by atoms with van der Waals surface area (Å²) in [6.07, 6.45) is 3.08. The Bertz CT molecular complexity index is 712. The smallest absolute Gasteiger partial charge is 0.176 e. The molecule has 2 aromatic carbocycles. The number of para-hydroxylation sites is 1. The van der Waals surface area contributed by atoms with Crippen LogP contribution < -0.4 is 5.32 Å². The van der Waals surface area contributed by atoms with E-state index < -0.39 is 0 Å². The zero-order valence-corrected chi connectivity index (χ0v) is 12.1. The number of ketones is 1. The number of aliphatic imine (C=N–C) groups is 1. The van der Waals surface area contributed by atoms with E-state index in [0.717, 1.165) is 18.5 Å². The minimum Gasteiger partial charge on any atom is -0.375 e. The molecule has 1 heterocycles. The summed E-state index contributed by atoms with van der Waals surface area (Å²) in [6, 6.07) is 14.2. The molecule has 0 saturated heterocycles. The van der Waals surface area contributed by atoms with Crippen LogP contribution in [0.4, 0.5) is 10.1 Å². The number of hydrogen-bond acceptors (Lipinski definition) is 3. The van der Waals surface area contributed by atoms with Gasteiger partial charge in [0.15, 0.2) is 5.78 Å². The lowest BCUT2D eigenvalue weighted by Gasteiger charge is -2.25. The van der Waals surface area contributed by atoms with Crippen molar-refractivity contribution in [2.45, 2.75) is 18.9 Å². The average Bonchev–Trinajstić information content (AvgIpc) is 2.56. The molecule has 0 aliphatic carbocycles. The standard InChI is InChI=1S/C18H17FN2O/c19-15-7-3-1-6-14(15)11-20-12-18(22)17-10-9-13-5-2-4-8-16(13)21-17/h1-8,11,17,21H,9-10,12H2. The zero-order chi connectivity index (χ0) is 15.4. The predicted octanol–water partition coefficient (Wildman–Crippen LogP) is 3.24. The molecule has 0 radical (unpaired) electrons. The van der Waals surface area contributed by atoms with Gasteiger partial charge in [-0.15, -0.1) is 0 Å². The Morgan fingerprint density at radius 3 is 2.86 bits per heavy atom. The number of Topliss-reactive ketones (excluding diaryl/α,β-unsaturated/α-hetero) is 1. The number of carbonyl (C=O) groups excluding carboxylic acids is 1. The molecule has 1 unspecified atom stereocenters. The number of carbonyl (C=O) groups is 1. The number of halogens is 1. The molecular weight excluding hydrogens is 279 g/mol. The van der Waals surface area contributed by atoms with Crippen molar-refractivity contribution < 1.29 is 9.18 Å². The van der Waals surface area contributed by atoms with E-state index in [0.29, 0.717) is 5.56 Å². The zero-order valence-electron chi connectivity index (χ0n) is 12.1.